The Labute approximate surface area is 178 Å². The first-order chi connectivity index (χ1) is 14.9. The number of carbonyl (C=O) groups is 1. The zero-order valence-electron chi connectivity index (χ0n) is 17.5. The average molecular weight is 419 g/mol. The van der Waals surface area contributed by atoms with E-state index in [-0.39, 0.29) is 17.7 Å². The molecule has 1 amide bonds. The molecule has 3 heterocycles. The lowest BCUT2D eigenvalue weighted by Gasteiger charge is -2.09. The van der Waals surface area contributed by atoms with Gasteiger partial charge in [0.1, 0.15) is 0 Å². The van der Waals surface area contributed by atoms with E-state index in [0.29, 0.717) is 5.69 Å². The Kier molecular flexibility index (Phi) is 5.24. The van der Waals surface area contributed by atoms with Gasteiger partial charge in [0.2, 0.25) is 11.9 Å². The standard InChI is InChI=1S/C22H22FN7O/c1-5-20(31)25-15-7-8-19-16(9-15)13(3)11-30(19)21-17(23)10-24-22(27-21)26-18-12-29(6-2)28-14(18)4/h5,7-12H,1,6H2,2-4H3,(H,25,31)(H,24,26,27). The van der Waals surface area contributed by atoms with Crippen LogP contribution in [0, 0.1) is 19.7 Å². The number of nitrogens with zero attached hydrogens (tertiary/aromatic N) is 5. The second-order valence-electron chi connectivity index (χ2n) is 7.08. The van der Waals surface area contributed by atoms with E-state index in [1.54, 1.807) is 21.5 Å². The first-order valence-corrected chi connectivity index (χ1v) is 9.78. The third-order valence-electron chi connectivity index (χ3n) is 4.93. The summed E-state index contributed by atoms with van der Waals surface area (Å²) < 4.78 is 18.2. The number of aryl methyl sites for hydroxylation is 3. The number of halogens is 1. The first-order valence-electron chi connectivity index (χ1n) is 9.78. The van der Waals surface area contributed by atoms with E-state index in [1.807, 2.05) is 39.1 Å². The minimum absolute atomic E-state index is 0.124. The molecule has 2 N–H and O–H groups in total. The van der Waals surface area contributed by atoms with Crippen LogP contribution in [0.4, 0.5) is 21.7 Å². The van der Waals surface area contributed by atoms with Crippen LogP contribution in [-0.4, -0.2) is 30.2 Å². The molecule has 0 radical (unpaired) electrons. The van der Waals surface area contributed by atoms with Crippen LogP contribution >= 0.6 is 0 Å². The number of amides is 1. The van der Waals surface area contributed by atoms with Crippen LogP contribution in [0.25, 0.3) is 16.7 Å². The molecule has 0 bridgehead atoms. The highest BCUT2D eigenvalue weighted by Gasteiger charge is 2.15. The van der Waals surface area contributed by atoms with Crippen molar-refractivity contribution in [2.24, 2.45) is 0 Å². The molecule has 0 aliphatic heterocycles. The van der Waals surface area contributed by atoms with Crippen molar-refractivity contribution >= 4 is 34.1 Å². The van der Waals surface area contributed by atoms with Crippen LogP contribution in [0.15, 0.2) is 49.4 Å². The van der Waals surface area contributed by atoms with Crippen LogP contribution in [0.2, 0.25) is 0 Å². The zero-order valence-corrected chi connectivity index (χ0v) is 17.5. The summed E-state index contributed by atoms with van der Waals surface area (Å²) in [4.78, 5) is 20.1. The van der Waals surface area contributed by atoms with E-state index in [4.69, 9.17) is 0 Å². The monoisotopic (exact) mass is 419 g/mol. The van der Waals surface area contributed by atoms with Gasteiger partial charge in [0.25, 0.3) is 0 Å². The van der Waals surface area contributed by atoms with E-state index in [0.717, 1.165) is 40.6 Å². The van der Waals surface area contributed by atoms with Crippen molar-refractivity contribution in [3.63, 3.8) is 0 Å². The zero-order chi connectivity index (χ0) is 22.1. The molecule has 0 unspecified atom stereocenters. The summed E-state index contributed by atoms with van der Waals surface area (Å²) in [5.41, 5.74) is 3.86. The number of hydrogen-bond acceptors (Lipinski definition) is 5. The highest BCUT2D eigenvalue weighted by molar-refractivity contribution is 6.00. The maximum atomic E-state index is 14.7. The number of benzene rings is 1. The number of anilines is 3. The summed E-state index contributed by atoms with van der Waals surface area (Å²) in [7, 11) is 0. The molecule has 0 fully saturated rings. The topological polar surface area (TPSA) is 89.7 Å². The fraction of sp³-hybridized carbons (Fsp3) is 0.182. The van der Waals surface area contributed by atoms with E-state index in [2.05, 4.69) is 32.3 Å². The molecule has 0 saturated carbocycles. The van der Waals surface area contributed by atoms with Crippen LogP contribution in [0.5, 0.6) is 0 Å². The van der Waals surface area contributed by atoms with Crippen molar-refractivity contribution in [2.45, 2.75) is 27.3 Å². The van der Waals surface area contributed by atoms with Gasteiger partial charge in [-0.05, 0) is 50.6 Å². The maximum Gasteiger partial charge on any atom is 0.247 e. The van der Waals surface area contributed by atoms with Gasteiger partial charge in [0, 0.05) is 30.0 Å². The highest BCUT2D eigenvalue weighted by Crippen LogP contribution is 2.28. The molecular formula is C22H22FN7O. The molecule has 9 heteroatoms. The second kappa shape index (κ2) is 8.02. The third kappa shape index (κ3) is 3.89. The smallest absolute Gasteiger partial charge is 0.247 e. The molecule has 0 saturated heterocycles. The normalized spacial score (nSPS) is 11.0. The minimum atomic E-state index is -0.549. The van der Waals surface area contributed by atoms with E-state index in [1.165, 1.54) is 6.08 Å². The second-order valence-corrected chi connectivity index (χ2v) is 7.08. The number of aromatic nitrogens is 5. The maximum absolute atomic E-state index is 14.7. The van der Waals surface area contributed by atoms with Crippen LogP contribution in [-0.2, 0) is 11.3 Å². The minimum Gasteiger partial charge on any atom is -0.323 e. The van der Waals surface area contributed by atoms with Gasteiger partial charge < -0.3 is 10.6 Å². The Morgan fingerprint density at radius 1 is 1.29 bits per heavy atom. The summed E-state index contributed by atoms with van der Waals surface area (Å²) >= 11 is 0. The summed E-state index contributed by atoms with van der Waals surface area (Å²) in [6.07, 6.45) is 6.01. The molecule has 0 aliphatic rings. The van der Waals surface area contributed by atoms with E-state index in [9.17, 15) is 9.18 Å². The lowest BCUT2D eigenvalue weighted by molar-refractivity contribution is -0.111. The Hall–Kier alpha value is -4.01. The van der Waals surface area contributed by atoms with Crippen molar-refractivity contribution in [1.82, 2.24) is 24.3 Å². The van der Waals surface area contributed by atoms with Gasteiger partial charge in [-0.3, -0.25) is 14.0 Å². The van der Waals surface area contributed by atoms with Gasteiger partial charge in [-0.1, -0.05) is 6.58 Å². The molecule has 0 spiro atoms. The molecule has 1 aromatic carbocycles. The predicted molar refractivity (Wildman–Crippen MR) is 118 cm³/mol. The molecule has 158 valence electrons. The third-order valence-corrected chi connectivity index (χ3v) is 4.93. The highest BCUT2D eigenvalue weighted by atomic mass is 19.1. The Morgan fingerprint density at radius 2 is 2.10 bits per heavy atom. The molecule has 3 aromatic heterocycles. The summed E-state index contributed by atoms with van der Waals surface area (Å²) in [6.45, 7) is 9.99. The quantitative estimate of drug-likeness (QED) is 0.456. The van der Waals surface area contributed by atoms with Gasteiger partial charge in [0.15, 0.2) is 11.6 Å². The van der Waals surface area contributed by atoms with Crippen molar-refractivity contribution in [2.75, 3.05) is 10.6 Å². The Balaban J connectivity index is 1.73. The number of fused-ring (bicyclic) bond motifs is 1. The number of hydrogen-bond donors (Lipinski definition) is 2. The van der Waals surface area contributed by atoms with Crippen molar-refractivity contribution in [3.8, 4) is 5.82 Å². The molecular weight excluding hydrogens is 397 g/mol. The largest absolute Gasteiger partial charge is 0.323 e. The van der Waals surface area contributed by atoms with Crippen molar-refractivity contribution in [3.05, 3.63) is 66.5 Å². The molecule has 31 heavy (non-hydrogen) atoms. The average Bonchev–Trinajstić information content (AvgIpc) is 3.28. The van der Waals surface area contributed by atoms with Crippen LogP contribution in [0.3, 0.4) is 0 Å². The molecule has 0 aliphatic carbocycles. The fourth-order valence-electron chi connectivity index (χ4n) is 3.35. The first kappa shape index (κ1) is 20.3. The lowest BCUT2D eigenvalue weighted by Crippen LogP contribution is -2.07. The van der Waals surface area contributed by atoms with Gasteiger partial charge in [-0.25, -0.2) is 9.37 Å². The number of nitrogens with one attached hydrogen (secondary N) is 2. The number of rotatable bonds is 6. The SMILES string of the molecule is C=CC(=O)Nc1ccc2c(c1)c(C)cn2-c1nc(Nc2cn(CC)nc2C)ncc1F. The fourth-order valence-corrected chi connectivity index (χ4v) is 3.35. The summed E-state index contributed by atoms with van der Waals surface area (Å²) in [6, 6.07) is 5.40. The van der Waals surface area contributed by atoms with Gasteiger partial charge >= 0.3 is 0 Å². The van der Waals surface area contributed by atoms with Crippen molar-refractivity contribution < 1.29 is 9.18 Å². The van der Waals surface area contributed by atoms with Gasteiger partial charge in [-0.15, -0.1) is 0 Å². The molecule has 4 rings (SSSR count). The van der Waals surface area contributed by atoms with Gasteiger partial charge in [0.05, 0.1) is 23.1 Å². The van der Waals surface area contributed by atoms with Gasteiger partial charge in [-0.2, -0.15) is 10.1 Å². The summed E-state index contributed by atoms with van der Waals surface area (Å²) in [5, 5.41) is 11.1. The number of carbonyl (C=O) groups excluding carboxylic acids is 1. The lowest BCUT2D eigenvalue weighted by atomic mass is 10.2. The Bertz CT molecular complexity index is 1300. The molecule has 0 atom stereocenters. The Morgan fingerprint density at radius 3 is 2.81 bits per heavy atom. The van der Waals surface area contributed by atoms with E-state index < -0.39 is 5.82 Å². The van der Waals surface area contributed by atoms with E-state index >= 15 is 0 Å². The molecule has 8 nitrogen and oxygen atoms in total. The summed E-state index contributed by atoms with van der Waals surface area (Å²) in [5.74, 6) is -0.452. The van der Waals surface area contributed by atoms with Crippen molar-refractivity contribution in [1.29, 1.82) is 0 Å². The predicted octanol–water partition coefficient (Wildman–Crippen LogP) is 4.26. The molecule has 4 aromatic rings. The van der Waals surface area contributed by atoms with Crippen LogP contribution in [0.1, 0.15) is 18.2 Å². The van der Waals surface area contributed by atoms with Crippen LogP contribution < -0.4 is 10.6 Å².